The second-order valence-electron chi connectivity index (χ2n) is 5.19. The zero-order valence-corrected chi connectivity index (χ0v) is 10.4. The molecule has 18 heavy (non-hydrogen) atoms. The molecule has 0 radical (unpaired) electrons. The number of carboxylic acid groups (broad SMARTS) is 1. The molecule has 1 aliphatic rings. The number of aromatic nitrogens is 1. The Morgan fingerprint density at radius 1 is 1.44 bits per heavy atom. The summed E-state index contributed by atoms with van der Waals surface area (Å²) < 4.78 is 0. The molecule has 5 heteroatoms. The minimum Gasteiger partial charge on any atom is -0.481 e. The van der Waals surface area contributed by atoms with Crippen molar-refractivity contribution < 1.29 is 14.7 Å². The van der Waals surface area contributed by atoms with Crippen molar-refractivity contribution in [2.45, 2.75) is 20.4 Å². The van der Waals surface area contributed by atoms with Crippen molar-refractivity contribution in [3.63, 3.8) is 0 Å². The topological polar surface area (TPSA) is 79.3 Å². The highest BCUT2D eigenvalue weighted by Gasteiger charge is 2.65. The predicted molar refractivity (Wildman–Crippen MR) is 64.5 cm³/mol. The number of hydrogen-bond acceptors (Lipinski definition) is 3. The minimum absolute atomic E-state index is 0.198. The number of pyridine rings is 1. The van der Waals surface area contributed by atoms with Crippen LogP contribution in [0, 0.1) is 17.3 Å². The zero-order valence-electron chi connectivity index (χ0n) is 10.4. The highest BCUT2D eigenvalue weighted by molar-refractivity contribution is 5.91. The largest absolute Gasteiger partial charge is 0.481 e. The molecule has 0 aromatic carbocycles. The number of rotatable bonds is 4. The van der Waals surface area contributed by atoms with E-state index >= 15 is 0 Å². The van der Waals surface area contributed by atoms with Crippen LogP contribution in [-0.2, 0) is 16.1 Å². The maximum Gasteiger partial charge on any atom is 0.307 e. The van der Waals surface area contributed by atoms with Gasteiger partial charge < -0.3 is 10.4 Å². The fourth-order valence-electron chi connectivity index (χ4n) is 2.39. The third-order valence-electron chi connectivity index (χ3n) is 3.57. The second kappa shape index (κ2) is 4.40. The van der Waals surface area contributed by atoms with Crippen LogP contribution >= 0.6 is 0 Å². The van der Waals surface area contributed by atoms with Gasteiger partial charge in [0.05, 0.1) is 11.8 Å². The third kappa shape index (κ3) is 2.20. The minimum atomic E-state index is -0.901. The standard InChI is InChI=1S/C13H16N2O3/c1-13(2)9(10(13)12(17)18)11(16)15-7-8-4-3-5-14-6-8/h3-6,9-10H,7H2,1-2H3,(H,15,16)(H,17,18)/t9-,10+/m1/s1. The fourth-order valence-corrected chi connectivity index (χ4v) is 2.39. The number of hydrogen-bond donors (Lipinski definition) is 2. The van der Waals surface area contributed by atoms with E-state index in [1.165, 1.54) is 0 Å². The molecule has 96 valence electrons. The smallest absolute Gasteiger partial charge is 0.307 e. The predicted octanol–water partition coefficient (Wildman–Crippen LogP) is 1.05. The maximum absolute atomic E-state index is 11.9. The van der Waals surface area contributed by atoms with Crippen LogP contribution in [0.1, 0.15) is 19.4 Å². The van der Waals surface area contributed by atoms with Crippen molar-refractivity contribution >= 4 is 11.9 Å². The summed E-state index contributed by atoms with van der Waals surface area (Å²) in [5.74, 6) is -2.11. The Morgan fingerprint density at radius 3 is 2.67 bits per heavy atom. The molecule has 1 aromatic rings. The van der Waals surface area contributed by atoms with Crippen LogP contribution in [-0.4, -0.2) is 22.0 Å². The van der Waals surface area contributed by atoms with E-state index in [-0.39, 0.29) is 5.91 Å². The van der Waals surface area contributed by atoms with E-state index in [1.54, 1.807) is 32.3 Å². The van der Waals surface area contributed by atoms with Crippen LogP contribution < -0.4 is 5.32 Å². The average molecular weight is 248 g/mol. The molecule has 0 aliphatic heterocycles. The Bertz CT molecular complexity index is 470. The van der Waals surface area contributed by atoms with Gasteiger partial charge in [-0.2, -0.15) is 0 Å². The fraction of sp³-hybridized carbons (Fsp3) is 0.462. The summed E-state index contributed by atoms with van der Waals surface area (Å²) >= 11 is 0. The van der Waals surface area contributed by atoms with E-state index < -0.39 is 23.2 Å². The van der Waals surface area contributed by atoms with E-state index in [2.05, 4.69) is 10.3 Å². The SMILES string of the molecule is CC1(C)[C@H](C(=O)O)[C@@H]1C(=O)NCc1cccnc1. The Morgan fingerprint density at radius 2 is 2.17 bits per heavy atom. The molecule has 0 bridgehead atoms. The van der Waals surface area contributed by atoms with E-state index in [4.69, 9.17) is 5.11 Å². The lowest BCUT2D eigenvalue weighted by Gasteiger charge is -2.05. The Labute approximate surface area is 105 Å². The molecule has 0 spiro atoms. The van der Waals surface area contributed by atoms with E-state index in [9.17, 15) is 9.59 Å². The summed E-state index contributed by atoms with van der Waals surface area (Å²) in [6.45, 7) is 3.99. The number of carbonyl (C=O) groups excluding carboxylic acids is 1. The van der Waals surface area contributed by atoms with Gasteiger partial charge in [0, 0.05) is 18.9 Å². The van der Waals surface area contributed by atoms with Crippen LogP contribution in [0.15, 0.2) is 24.5 Å². The number of nitrogens with one attached hydrogen (secondary N) is 1. The first-order chi connectivity index (χ1) is 8.44. The molecule has 2 atom stereocenters. The quantitative estimate of drug-likeness (QED) is 0.834. The van der Waals surface area contributed by atoms with E-state index in [1.807, 2.05) is 6.07 Å². The lowest BCUT2D eigenvalue weighted by atomic mass is 10.1. The zero-order chi connectivity index (χ0) is 13.3. The van der Waals surface area contributed by atoms with Gasteiger partial charge in [-0.05, 0) is 17.0 Å². The molecule has 0 unspecified atom stereocenters. The molecule has 0 saturated heterocycles. The van der Waals surface area contributed by atoms with Gasteiger partial charge in [0.2, 0.25) is 5.91 Å². The first kappa shape index (κ1) is 12.5. The molecule has 1 aromatic heterocycles. The number of carbonyl (C=O) groups is 2. The van der Waals surface area contributed by atoms with Crippen LogP contribution in [0.4, 0.5) is 0 Å². The normalized spacial score (nSPS) is 24.3. The third-order valence-corrected chi connectivity index (χ3v) is 3.57. The van der Waals surface area contributed by atoms with Crippen LogP contribution in [0.2, 0.25) is 0 Å². The van der Waals surface area contributed by atoms with E-state index in [0.29, 0.717) is 6.54 Å². The van der Waals surface area contributed by atoms with Gasteiger partial charge in [-0.25, -0.2) is 0 Å². The van der Waals surface area contributed by atoms with Crippen LogP contribution in [0.25, 0.3) is 0 Å². The van der Waals surface area contributed by atoms with E-state index in [0.717, 1.165) is 5.56 Å². The number of aliphatic carboxylic acids is 1. The van der Waals surface area contributed by atoms with Gasteiger partial charge in [-0.1, -0.05) is 19.9 Å². The molecule has 1 heterocycles. The summed E-state index contributed by atoms with van der Waals surface area (Å²) in [5.41, 5.74) is 0.446. The monoisotopic (exact) mass is 248 g/mol. The summed E-state index contributed by atoms with van der Waals surface area (Å²) in [5, 5.41) is 11.8. The van der Waals surface area contributed by atoms with Crippen molar-refractivity contribution in [3.8, 4) is 0 Å². The average Bonchev–Trinajstić information content (AvgIpc) is 2.91. The van der Waals surface area contributed by atoms with Crippen molar-refractivity contribution in [2.24, 2.45) is 17.3 Å². The highest BCUT2D eigenvalue weighted by Crippen LogP contribution is 2.58. The molecular weight excluding hydrogens is 232 g/mol. The highest BCUT2D eigenvalue weighted by atomic mass is 16.4. The van der Waals surface area contributed by atoms with Gasteiger partial charge in [0.1, 0.15) is 0 Å². The van der Waals surface area contributed by atoms with Crippen LogP contribution in [0.3, 0.4) is 0 Å². The summed E-state index contributed by atoms with van der Waals surface area (Å²) in [6.07, 6.45) is 3.34. The molecular formula is C13H16N2O3. The summed E-state index contributed by atoms with van der Waals surface area (Å²) in [7, 11) is 0. The lowest BCUT2D eigenvalue weighted by molar-refractivity contribution is -0.140. The van der Waals surface area contributed by atoms with Crippen molar-refractivity contribution in [2.75, 3.05) is 0 Å². The number of nitrogens with zero attached hydrogens (tertiary/aromatic N) is 1. The molecule has 2 N–H and O–H groups in total. The first-order valence-corrected chi connectivity index (χ1v) is 5.84. The maximum atomic E-state index is 11.9. The molecule has 1 amide bonds. The summed E-state index contributed by atoms with van der Waals surface area (Å²) in [4.78, 5) is 26.8. The van der Waals surface area contributed by atoms with Crippen molar-refractivity contribution in [3.05, 3.63) is 30.1 Å². The molecule has 1 aliphatic carbocycles. The van der Waals surface area contributed by atoms with Crippen LogP contribution in [0.5, 0.6) is 0 Å². The number of carboxylic acids is 1. The van der Waals surface area contributed by atoms with Gasteiger partial charge in [0.25, 0.3) is 0 Å². The molecule has 1 saturated carbocycles. The van der Waals surface area contributed by atoms with Crippen molar-refractivity contribution in [1.82, 2.24) is 10.3 Å². The number of amides is 1. The van der Waals surface area contributed by atoms with Gasteiger partial charge in [-0.3, -0.25) is 14.6 Å². The molecule has 1 fully saturated rings. The Balaban J connectivity index is 1.93. The van der Waals surface area contributed by atoms with Crippen molar-refractivity contribution in [1.29, 1.82) is 0 Å². The van der Waals surface area contributed by atoms with Gasteiger partial charge in [-0.15, -0.1) is 0 Å². The summed E-state index contributed by atoms with van der Waals surface area (Å²) in [6, 6.07) is 3.66. The molecule has 5 nitrogen and oxygen atoms in total. The first-order valence-electron chi connectivity index (χ1n) is 5.84. The Kier molecular flexibility index (Phi) is 3.07. The van der Waals surface area contributed by atoms with Gasteiger partial charge >= 0.3 is 5.97 Å². The molecule has 2 rings (SSSR count). The lowest BCUT2D eigenvalue weighted by Crippen LogP contribution is -2.26. The Hall–Kier alpha value is -1.91. The second-order valence-corrected chi connectivity index (χ2v) is 5.19. The van der Waals surface area contributed by atoms with Gasteiger partial charge in [0.15, 0.2) is 0 Å².